The molecule has 6 heteroatoms. The molecule has 1 saturated heterocycles. The van der Waals surface area contributed by atoms with Crippen LogP contribution < -0.4 is 5.32 Å². The van der Waals surface area contributed by atoms with Crippen molar-refractivity contribution in [3.63, 3.8) is 0 Å². The second-order valence-corrected chi connectivity index (χ2v) is 8.67. The number of unbranched alkanes of at least 4 members (excludes halogenated alkanes) is 3. The highest BCUT2D eigenvalue weighted by Gasteiger charge is 2.39. The molecule has 0 aromatic heterocycles. The number of carbonyl (C=O) groups excluding carboxylic acids is 2. The molecule has 174 valence electrons. The molecular formula is C25H39NO5. The van der Waals surface area contributed by atoms with Gasteiger partial charge in [0.05, 0.1) is 12.6 Å². The fourth-order valence-corrected chi connectivity index (χ4v) is 3.90. The number of carbonyl (C=O) groups is 2. The first-order chi connectivity index (χ1) is 14.9. The van der Waals surface area contributed by atoms with Gasteiger partial charge in [-0.3, -0.25) is 9.59 Å². The summed E-state index contributed by atoms with van der Waals surface area (Å²) < 4.78 is 17.3. The number of benzene rings is 1. The topological polar surface area (TPSA) is 73.9 Å². The molecule has 2 unspecified atom stereocenters. The maximum Gasteiger partial charge on any atom is 0.302 e. The van der Waals surface area contributed by atoms with Crippen LogP contribution in [0.4, 0.5) is 0 Å². The Morgan fingerprint density at radius 3 is 2.39 bits per heavy atom. The Labute approximate surface area is 187 Å². The Hall–Kier alpha value is -1.76. The zero-order chi connectivity index (χ0) is 22.6. The number of esters is 1. The monoisotopic (exact) mass is 433 g/mol. The summed E-state index contributed by atoms with van der Waals surface area (Å²) in [5.41, 5.74) is 0.755. The summed E-state index contributed by atoms with van der Waals surface area (Å²) in [6.07, 6.45) is 3.82. The first-order valence-electron chi connectivity index (χ1n) is 11.6. The molecular weight excluding hydrogens is 394 g/mol. The molecule has 1 aliphatic rings. The third-order valence-electron chi connectivity index (χ3n) is 6.35. The van der Waals surface area contributed by atoms with Gasteiger partial charge in [-0.05, 0) is 31.2 Å². The van der Waals surface area contributed by atoms with Crippen molar-refractivity contribution in [2.45, 2.75) is 65.8 Å². The van der Waals surface area contributed by atoms with E-state index in [1.165, 1.54) is 6.92 Å². The summed E-state index contributed by atoms with van der Waals surface area (Å²) in [4.78, 5) is 23.1. The van der Waals surface area contributed by atoms with Crippen molar-refractivity contribution in [3.05, 3.63) is 35.9 Å². The lowest BCUT2D eigenvalue weighted by atomic mass is 9.79. The molecule has 0 bridgehead atoms. The molecule has 0 saturated carbocycles. The van der Waals surface area contributed by atoms with Crippen molar-refractivity contribution >= 4 is 11.8 Å². The molecule has 0 aliphatic carbocycles. The van der Waals surface area contributed by atoms with Crippen molar-refractivity contribution < 1.29 is 23.8 Å². The van der Waals surface area contributed by atoms with Gasteiger partial charge in [0.1, 0.15) is 6.61 Å². The summed E-state index contributed by atoms with van der Waals surface area (Å²) in [5.74, 6) is 0.902. The molecule has 2 rings (SSSR count). The van der Waals surface area contributed by atoms with Crippen molar-refractivity contribution in [1.29, 1.82) is 0 Å². The van der Waals surface area contributed by atoms with Crippen LogP contribution in [-0.2, 0) is 19.0 Å². The zero-order valence-corrected chi connectivity index (χ0v) is 19.5. The van der Waals surface area contributed by atoms with Gasteiger partial charge in [0.2, 0.25) is 0 Å². The molecule has 1 fully saturated rings. The minimum absolute atomic E-state index is 0.121. The second kappa shape index (κ2) is 13.6. The van der Waals surface area contributed by atoms with Crippen LogP contribution in [0.1, 0.15) is 63.7 Å². The Morgan fingerprint density at radius 1 is 0.968 bits per heavy atom. The fraction of sp³-hybridized carbons (Fsp3) is 0.680. The van der Waals surface area contributed by atoms with Crippen LogP contribution in [0.2, 0.25) is 0 Å². The third-order valence-corrected chi connectivity index (χ3v) is 6.35. The Morgan fingerprint density at radius 2 is 1.68 bits per heavy atom. The highest BCUT2D eigenvalue weighted by atomic mass is 16.7. The van der Waals surface area contributed by atoms with Gasteiger partial charge >= 0.3 is 5.97 Å². The third kappa shape index (κ3) is 8.71. The standard InChI is InChI=1S/C25H39NO5/c1-18-19(2)24(17-30-21(4)27)31-25(20(18)3)29-15-11-6-5-10-14-26-16-23(28)22-12-8-7-9-13-22/h7-9,12-13,18-20,24-26H,5-6,10-11,14-17H2,1-4H3/t18-,19+,20?,24?,25+/m0/s1. The van der Waals surface area contributed by atoms with Crippen molar-refractivity contribution in [1.82, 2.24) is 5.32 Å². The molecule has 1 aliphatic heterocycles. The van der Waals surface area contributed by atoms with Crippen LogP contribution in [0.3, 0.4) is 0 Å². The number of rotatable bonds is 13. The van der Waals surface area contributed by atoms with Crippen LogP contribution in [0.15, 0.2) is 30.3 Å². The quantitative estimate of drug-likeness (QED) is 0.285. The summed E-state index contributed by atoms with van der Waals surface area (Å²) in [6.45, 7) is 10.1. The maximum absolute atomic E-state index is 12.0. The highest BCUT2D eigenvalue weighted by molar-refractivity contribution is 5.97. The van der Waals surface area contributed by atoms with Crippen LogP contribution in [0.25, 0.3) is 0 Å². The molecule has 0 radical (unpaired) electrons. The van der Waals surface area contributed by atoms with Gasteiger partial charge in [-0.1, -0.05) is 63.9 Å². The lowest BCUT2D eigenvalue weighted by Crippen LogP contribution is -2.47. The zero-order valence-electron chi connectivity index (χ0n) is 19.5. The smallest absolute Gasteiger partial charge is 0.302 e. The molecule has 1 heterocycles. The van der Waals surface area contributed by atoms with E-state index in [0.717, 1.165) is 37.8 Å². The van der Waals surface area contributed by atoms with Crippen LogP contribution in [0, 0.1) is 17.8 Å². The normalized spacial score (nSPS) is 25.9. The number of ether oxygens (including phenoxy) is 3. The van der Waals surface area contributed by atoms with E-state index < -0.39 is 0 Å². The number of hydrogen-bond acceptors (Lipinski definition) is 6. The maximum atomic E-state index is 12.0. The average molecular weight is 434 g/mol. The molecule has 0 spiro atoms. The molecule has 1 aromatic rings. The molecule has 1 aromatic carbocycles. The van der Waals surface area contributed by atoms with Gasteiger partial charge in [0.25, 0.3) is 0 Å². The summed E-state index contributed by atoms with van der Waals surface area (Å²) in [5, 5.41) is 3.23. The largest absolute Gasteiger partial charge is 0.463 e. The lowest BCUT2D eigenvalue weighted by Gasteiger charge is -2.43. The average Bonchev–Trinajstić information content (AvgIpc) is 2.77. The molecule has 5 atom stereocenters. The number of Topliss-reactive ketones (excluding diaryl/α,β-unsaturated/α-hetero) is 1. The van der Waals surface area contributed by atoms with Gasteiger partial charge in [-0.25, -0.2) is 0 Å². The number of hydrogen-bond donors (Lipinski definition) is 1. The van der Waals surface area contributed by atoms with Gasteiger partial charge < -0.3 is 19.5 Å². The van der Waals surface area contributed by atoms with Crippen molar-refractivity contribution in [2.75, 3.05) is 26.3 Å². The summed E-state index contributed by atoms with van der Waals surface area (Å²) in [6, 6.07) is 9.38. The van der Waals surface area contributed by atoms with Crippen LogP contribution in [0.5, 0.6) is 0 Å². The van der Waals surface area contributed by atoms with E-state index >= 15 is 0 Å². The number of ketones is 1. The van der Waals surface area contributed by atoms with Crippen molar-refractivity contribution in [3.8, 4) is 0 Å². The van der Waals surface area contributed by atoms with E-state index in [-0.39, 0.29) is 30.8 Å². The predicted molar refractivity (Wildman–Crippen MR) is 121 cm³/mol. The SMILES string of the molecule is CC(=O)OCC1O[C@@H](OCCCCCCNCC(=O)c2ccccc2)C(C)[C@@H](C)[C@H]1C. The number of nitrogens with one attached hydrogen (secondary N) is 1. The molecule has 1 N–H and O–H groups in total. The molecule has 6 nitrogen and oxygen atoms in total. The highest BCUT2D eigenvalue weighted by Crippen LogP contribution is 2.35. The molecule has 31 heavy (non-hydrogen) atoms. The van der Waals surface area contributed by atoms with Crippen LogP contribution in [-0.4, -0.2) is 50.4 Å². The summed E-state index contributed by atoms with van der Waals surface area (Å²) in [7, 11) is 0. The van der Waals surface area contributed by atoms with Gasteiger partial charge in [-0.2, -0.15) is 0 Å². The predicted octanol–water partition coefficient (Wildman–Crippen LogP) is 4.23. The van der Waals surface area contributed by atoms with Crippen molar-refractivity contribution in [2.24, 2.45) is 17.8 Å². The second-order valence-electron chi connectivity index (χ2n) is 8.67. The van der Waals surface area contributed by atoms with Gasteiger partial charge in [-0.15, -0.1) is 0 Å². The van der Waals surface area contributed by atoms with E-state index in [2.05, 4.69) is 26.1 Å². The first kappa shape index (κ1) is 25.5. The van der Waals surface area contributed by atoms with E-state index in [0.29, 0.717) is 30.9 Å². The van der Waals surface area contributed by atoms with Crippen LogP contribution >= 0.6 is 0 Å². The first-order valence-corrected chi connectivity index (χ1v) is 11.6. The van der Waals surface area contributed by atoms with Gasteiger partial charge in [0, 0.05) is 25.0 Å². The van der Waals surface area contributed by atoms with E-state index in [1.807, 2.05) is 30.3 Å². The Kier molecular flexibility index (Phi) is 11.2. The fourth-order valence-electron chi connectivity index (χ4n) is 3.90. The van der Waals surface area contributed by atoms with E-state index in [1.54, 1.807) is 0 Å². The Bertz CT molecular complexity index is 665. The minimum atomic E-state index is -0.279. The van der Waals surface area contributed by atoms with E-state index in [4.69, 9.17) is 14.2 Å². The minimum Gasteiger partial charge on any atom is -0.463 e. The summed E-state index contributed by atoms with van der Waals surface area (Å²) >= 11 is 0. The molecule has 0 amide bonds. The van der Waals surface area contributed by atoms with E-state index in [9.17, 15) is 9.59 Å². The van der Waals surface area contributed by atoms with Gasteiger partial charge in [0.15, 0.2) is 12.1 Å². The Balaban J connectivity index is 1.55. The lowest BCUT2D eigenvalue weighted by molar-refractivity contribution is -0.255.